The van der Waals surface area contributed by atoms with Crippen LogP contribution in [0.3, 0.4) is 0 Å². The summed E-state index contributed by atoms with van der Waals surface area (Å²) in [6, 6.07) is 7.98. The lowest BCUT2D eigenvalue weighted by molar-refractivity contribution is -0.126. The van der Waals surface area contributed by atoms with Gasteiger partial charge in [0.1, 0.15) is 0 Å². The lowest BCUT2D eigenvalue weighted by atomic mass is 10.0. The van der Waals surface area contributed by atoms with E-state index < -0.39 is 0 Å². The molecule has 0 radical (unpaired) electrons. The van der Waals surface area contributed by atoms with Crippen LogP contribution in [0.1, 0.15) is 52.0 Å². The predicted molar refractivity (Wildman–Crippen MR) is 93.5 cm³/mol. The summed E-state index contributed by atoms with van der Waals surface area (Å²) in [7, 11) is 0. The van der Waals surface area contributed by atoms with Crippen molar-refractivity contribution in [2.24, 2.45) is 11.8 Å². The molecule has 0 bridgehead atoms. The number of hydrogen-bond donors (Lipinski definition) is 1. The number of rotatable bonds is 6. The second kappa shape index (κ2) is 7.62. The number of hydrogen-bond acceptors (Lipinski definition) is 2. The van der Waals surface area contributed by atoms with Crippen LogP contribution in [0.25, 0.3) is 0 Å². The molecule has 1 aromatic carbocycles. The number of para-hydroxylation sites is 1. The molecule has 1 unspecified atom stereocenters. The normalized spacial score (nSPS) is 18.1. The number of amides is 2. The Kier molecular flexibility index (Phi) is 5.80. The third kappa shape index (κ3) is 4.34. The molecule has 1 saturated heterocycles. The highest BCUT2D eigenvalue weighted by Gasteiger charge is 2.35. The topological polar surface area (TPSA) is 49.4 Å². The number of carbonyl (C=O) groups is 2. The van der Waals surface area contributed by atoms with Gasteiger partial charge in [-0.05, 0) is 29.9 Å². The van der Waals surface area contributed by atoms with Crippen LogP contribution in [0.2, 0.25) is 0 Å². The van der Waals surface area contributed by atoms with Crippen molar-refractivity contribution < 1.29 is 9.59 Å². The van der Waals surface area contributed by atoms with E-state index in [1.807, 2.05) is 18.2 Å². The predicted octanol–water partition coefficient (Wildman–Crippen LogP) is 3.33. The van der Waals surface area contributed by atoms with Crippen molar-refractivity contribution in [3.05, 3.63) is 29.8 Å². The van der Waals surface area contributed by atoms with Gasteiger partial charge in [0.25, 0.3) is 0 Å². The molecule has 1 atom stereocenters. The smallest absolute Gasteiger partial charge is 0.227 e. The number of nitrogens with zero attached hydrogens (tertiary/aromatic N) is 1. The molecule has 23 heavy (non-hydrogen) atoms. The summed E-state index contributed by atoms with van der Waals surface area (Å²) in [5.41, 5.74) is 2.10. The third-order valence-electron chi connectivity index (χ3n) is 4.37. The van der Waals surface area contributed by atoms with Gasteiger partial charge in [-0.25, -0.2) is 0 Å². The minimum atomic E-state index is -0.241. The molecule has 126 valence electrons. The van der Waals surface area contributed by atoms with Crippen LogP contribution in [0.15, 0.2) is 24.3 Å². The summed E-state index contributed by atoms with van der Waals surface area (Å²) in [4.78, 5) is 26.5. The summed E-state index contributed by atoms with van der Waals surface area (Å²) in [6.07, 6.45) is 1.27. The zero-order chi connectivity index (χ0) is 17.0. The van der Waals surface area contributed by atoms with Crippen LogP contribution in [0.4, 0.5) is 5.69 Å². The van der Waals surface area contributed by atoms with Crippen molar-refractivity contribution in [1.29, 1.82) is 0 Å². The molecule has 1 fully saturated rings. The molecule has 1 aromatic rings. The van der Waals surface area contributed by atoms with Gasteiger partial charge >= 0.3 is 0 Å². The summed E-state index contributed by atoms with van der Waals surface area (Å²) >= 11 is 0. The zero-order valence-corrected chi connectivity index (χ0v) is 14.6. The lowest BCUT2D eigenvalue weighted by Crippen LogP contribution is -2.34. The molecular weight excluding hydrogens is 288 g/mol. The molecule has 0 spiro atoms. The number of carbonyl (C=O) groups excluding carboxylic acids is 2. The van der Waals surface area contributed by atoms with Gasteiger partial charge in [0.05, 0.1) is 5.92 Å². The van der Waals surface area contributed by atoms with E-state index in [0.29, 0.717) is 31.3 Å². The van der Waals surface area contributed by atoms with E-state index in [1.165, 1.54) is 0 Å². The highest BCUT2D eigenvalue weighted by molar-refractivity contribution is 6.00. The van der Waals surface area contributed by atoms with Crippen molar-refractivity contribution in [2.45, 2.75) is 46.5 Å². The van der Waals surface area contributed by atoms with Crippen LogP contribution < -0.4 is 10.2 Å². The molecular formula is C19H28N2O2. The summed E-state index contributed by atoms with van der Waals surface area (Å²) in [5.74, 6) is 0.716. The van der Waals surface area contributed by atoms with E-state index in [9.17, 15) is 9.59 Å². The number of benzene rings is 1. The molecule has 1 aliphatic heterocycles. The van der Waals surface area contributed by atoms with E-state index in [1.54, 1.807) is 4.90 Å². The van der Waals surface area contributed by atoms with E-state index in [-0.39, 0.29) is 17.7 Å². The third-order valence-corrected chi connectivity index (χ3v) is 4.37. The van der Waals surface area contributed by atoms with Crippen LogP contribution in [0.5, 0.6) is 0 Å². The zero-order valence-electron chi connectivity index (χ0n) is 14.6. The second-order valence-corrected chi connectivity index (χ2v) is 7.09. The first-order chi connectivity index (χ1) is 10.9. The Labute approximate surface area is 139 Å². The average molecular weight is 316 g/mol. The number of anilines is 1. The highest BCUT2D eigenvalue weighted by atomic mass is 16.2. The van der Waals surface area contributed by atoms with Crippen LogP contribution >= 0.6 is 0 Å². The van der Waals surface area contributed by atoms with Gasteiger partial charge in [-0.15, -0.1) is 0 Å². The van der Waals surface area contributed by atoms with Gasteiger partial charge in [-0.1, -0.05) is 45.9 Å². The fourth-order valence-corrected chi connectivity index (χ4v) is 2.97. The quantitative estimate of drug-likeness (QED) is 0.875. The Morgan fingerprint density at radius 3 is 2.61 bits per heavy atom. The Morgan fingerprint density at radius 1 is 1.26 bits per heavy atom. The molecule has 2 amide bonds. The molecule has 1 N–H and O–H groups in total. The summed E-state index contributed by atoms with van der Waals surface area (Å²) < 4.78 is 0. The standard InChI is InChI=1S/C19H28N2O2/c1-13(2)9-10-20-19(23)15-11-18(22)21(12-15)17-8-6-5-7-16(17)14(3)4/h5-8,13-15H,9-12H2,1-4H3,(H,20,23). The Hall–Kier alpha value is -1.84. The van der Waals surface area contributed by atoms with Gasteiger partial charge in [0.15, 0.2) is 0 Å². The van der Waals surface area contributed by atoms with Gasteiger partial charge in [0, 0.05) is 25.2 Å². The van der Waals surface area contributed by atoms with Crippen molar-refractivity contribution in [2.75, 3.05) is 18.0 Å². The monoisotopic (exact) mass is 316 g/mol. The van der Waals surface area contributed by atoms with Gasteiger partial charge in [0.2, 0.25) is 11.8 Å². The molecule has 1 heterocycles. The van der Waals surface area contributed by atoms with E-state index in [4.69, 9.17) is 0 Å². The van der Waals surface area contributed by atoms with E-state index in [0.717, 1.165) is 17.7 Å². The maximum absolute atomic E-state index is 12.4. The lowest BCUT2D eigenvalue weighted by Gasteiger charge is -2.22. The summed E-state index contributed by atoms with van der Waals surface area (Å²) in [6.45, 7) is 9.68. The first-order valence-electron chi connectivity index (χ1n) is 8.57. The number of nitrogens with one attached hydrogen (secondary N) is 1. The van der Waals surface area contributed by atoms with Crippen molar-refractivity contribution in [3.63, 3.8) is 0 Å². The molecule has 0 aromatic heterocycles. The average Bonchev–Trinajstić information content (AvgIpc) is 2.88. The van der Waals surface area contributed by atoms with Gasteiger partial charge < -0.3 is 10.2 Å². The maximum Gasteiger partial charge on any atom is 0.227 e. The Bertz CT molecular complexity index is 566. The Morgan fingerprint density at radius 2 is 1.96 bits per heavy atom. The molecule has 1 aliphatic rings. The van der Waals surface area contributed by atoms with Crippen LogP contribution in [-0.2, 0) is 9.59 Å². The van der Waals surface area contributed by atoms with Crippen molar-refractivity contribution in [1.82, 2.24) is 5.32 Å². The molecule has 4 heteroatoms. The first-order valence-corrected chi connectivity index (χ1v) is 8.57. The largest absolute Gasteiger partial charge is 0.356 e. The minimum absolute atomic E-state index is 0.00327. The summed E-state index contributed by atoms with van der Waals surface area (Å²) in [5, 5.41) is 2.97. The van der Waals surface area contributed by atoms with E-state index in [2.05, 4.69) is 39.1 Å². The van der Waals surface area contributed by atoms with Crippen LogP contribution in [0, 0.1) is 11.8 Å². The molecule has 0 saturated carbocycles. The minimum Gasteiger partial charge on any atom is -0.356 e. The van der Waals surface area contributed by atoms with Crippen molar-refractivity contribution >= 4 is 17.5 Å². The van der Waals surface area contributed by atoms with Gasteiger partial charge in [-0.3, -0.25) is 9.59 Å². The first kappa shape index (κ1) is 17.5. The fraction of sp³-hybridized carbons (Fsp3) is 0.579. The second-order valence-electron chi connectivity index (χ2n) is 7.09. The molecule has 2 rings (SSSR count). The van der Waals surface area contributed by atoms with Crippen molar-refractivity contribution in [3.8, 4) is 0 Å². The maximum atomic E-state index is 12.4. The molecule has 0 aliphatic carbocycles. The Balaban J connectivity index is 2.04. The molecule has 4 nitrogen and oxygen atoms in total. The van der Waals surface area contributed by atoms with Gasteiger partial charge in [-0.2, -0.15) is 0 Å². The van der Waals surface area contributed by atoms with Crippen LogP contribution in [-0.4, -0.2) is 24.9 Å². The highest BCUT2D eigenvalue weighted by Crippen LogP contribution is 2.32. The SMILES string of the molecule is CC(C)CCNC(=O)C1CC(=O)N(c2ccccc2C(C)C)C1. The van der Waals surface area contributed by atoms with E-state index >= 15 is 0 Å². The fourth-order valence-electron chi connectivity index (χ4n) is 2.97.